The molecule has 1 aliphatic heterocycles. The first-order valence-corrected chi connectivity index (χ1v) is 3.55. The number of nitrogens with one attached hydrogen (secondary N) is 1. The van der Waals surface area contributed by atoms with E-state index in [0.717, 1.165) is 26.1 Å². The maximum absolute atomic E-state index is 5.53. The lowest BCUT2D eigenvalue weighted by Gasteiger charge is -2.21. The van der Waals surface area contributed by atoms with Gasteiger partial charge in [-0.3, -0.25) is 0 Å². The average Bonchev–Trinajstić information content (AvgIpc) is 1.92. The Labute approximate surface area is 87.0 Å². The highest BCUT2D eigenvalue weighted by molar-refractivity contribution is 5.85. The van der Waals surface area contributed by atoms with Gasteiger partial charge in [0.25, 0.3) is 0 Å². The van der Waals surface area contributed by atoms with Crippen molar-refractivity contribution in [3.05, 3.63) is 0 Å². The standard InChI is InChI=1S/C7H15NO.2ClH.H3N/c1-7(2)6-8-4-3-5-9-7;;;/h8H,3-6H2,1-2H3;2*1H;1H3. The molecule has 12 heavy (non-hydrogen) atoms. The third-order valence-corrected chi connectivity index (χ3v) is 1.54. The molecule has 0 bridgehead atoms. The van der Waals surface area contributed by atoms with Gasteiger partial charge in [-0.05, 0) is 26.8 Å². The van der Waals surface area contributed by atoms with Crippen LogP contribution in [0.1, 0.15) is 20.3 Å². The maximum Gasteiger partial charge on any atom is 0.0750 e. The van der Waals surface area contributed by atoms with Crippen LogP contribution in [0.5, 0.6) is 0 Å². The second kappa shape index (κ2) is 8.08. The van der Waals surface area contributed by atoms with Crippen molar-refractivity contribution in [1.29, 1.82) is 0 Å². The molecular weight excluding hydrogens is 199 g/mol. The first kappa shape index (κ1) is 18.3. The van der Waals surface area contributed by atoms with Crippen LogP contribution >= 0.6 is 24.8 Å². The Hall–Kier alpha value is 0.460. The average molecular weight is 219 g/mol. The summed E-state index contributed by atoms with van der Waals surface area (Å²) in [6.45, 7) is 7.22. The molecule has 1 fully saturated rings. The van der Waals surface area contributed by atoms with Crippen molar-refractivity contribution in [2.75, 3.05) is 19.7 Å². The summed E-state index contributed by atoms with van der Waals surface area (Å²) < 4.78 is 5.53. The third kappa shape index (κ3) is 7.13. The van der Waals surface area contributed by atoms with Crippen molar-refractivity contribution in [1.82, 2.24) is 11.5 Å². The van der Waals surface area contributed by atoms with Crippen molar-refractivity contribution in [3.8, 4) is 0 Å². The van der Waals surface area contributed by atoms with Gasteiger partial charge < -0.3 is 16.2 Å². The van der Waals surface area contributed by atoms with E-state index >= 15 is 0 Å². The third-order valence-electron chi connectivity index (χ3n) is 1.54. The second-order valence-corrected chi connectivity index (χ2v) is 3.14. The molecule has 4 N–H and O–H groups in total. The number of hydrogen-bond acceptors (Lipinski definition) is 3. The lowest BCUT2D eigenvalue weighted by atomic mass is 10.1. The van der Waals surface area contributed by atoms with Gasteiger partial charge in [-0.25, -0.2) is 0 Å². The molecule has 1 rings (SSSR count). The van der Waals surface area contributed by atoms with E-state index in [1.54, 1.807) is 0 Å². The summed E-state index contributed by atoms with van der Waals surface area (Å²) >= 11 is 0. The van der Waals surface area contributed by atoms with Crippen LogP contribution < -0.4 is 11.5 Å². The van der Waals surface area contributed by atoms with Gasteiger partial charge in [0.2, 0.25) is 0 Å². The molecule has 5 heteroatoms. The van der Waals surface area contributed by atoms with Gasteiger partial charge in [0.1, 0.15) is 0 Å². The minimum atomic E-state index is 0. The molecule has 0 aromatic carbocycles. The smallest absolute Gasteiger partial charge is 0.0750 e. The fraction of sp³-hybridized carbons (Fsp3) is 1.00. The number of ether oxygens (including phenoxy) is 1. The molecule has 0 aliphatic carbocycles. The summed E-state index contributed by atoms with van der Waals surface area (Å²) in [6.07, 6.45) is 1.14. The summed E-state index contributed by atoms with van der Waals surface area (Å²) in [5.41, 5.74) is 0.0521. The number of hydrogen-bond donors (Lipinski definition) is 2. The Morgan fingerprint density at radius 3 is 2.42 bits per heavy atom. The first-order valence-electron chi connectivity index (χ1n) is 3.55. The topological polar surface area (TPSA) is 56.3 Å². The van der Waals surface area contributed by atoms with E-state index in [4.69, 9.17) is 4.74 Å². The first-order chi connectivity index (χ1) is 4.21. The number of rotatable bonds is 0. The molecular formula is C7H20Cl2N2O. The van der Waals surface area contributed by atoms with Gasteiger partial charge in [-0.1, -0.05) is 0 Å². The van der Waals surface area contributed by atoms with Crippen LogP contribution in [-0.2, 0) is 4.74 Å². The fourth-order valence-electron chi connectivity index (χ4n) is 0.986. The van der Waals surface area contributed by atoms with Crippen LogP contribution in [-0.4, -0.2) is 25.3 Å². The van der Waals surface area contributed by atoms with Crippen LogP contribution in [0, 0.1) is 0 Å². The Morgan fingerprint density at radius 1 is 1.25 bits per heavy atom. The van der Waals surface area contributed by atoms with Crippen molar-refractivity contribution in [3.63, 3.8) is 0 Å². The van der Waals surface area contributed by atoms with Gasteiger partial charge in [-0.15, -0.1) is 24.8 Å². The molecule has 0 unspecified atom stereocenters. The highest BCUT2D eigenvalue weighted by atomic mass is 35.5. The lowest BCUT2D eigenvalue weighted by molar-refractivity contribution is -0.00370. The van der Waals surface area contributed by atoms with Crippen LogP contribution in [0.25, 0.3) is 0 Å². The highest BCUT2D eigenvalue weighted by Gasteiger charge is 2.19. The van der Waals surface area contributed by atoms with Crippen LogP contribution in [0.15, 0.2) is 0 Å². The zero-order valence-corrected chi connectivity index (χ0v) is 9.39. The Kier molecular flexibility index (Phi) is 12.3. The molecule has 0 saturated carbocycles. The number of halogens is 2. The van der Waals surface area contributed by atoms with Crippen LogP contribution in [0.4, 0.5) is 0 Å². The molecule has 78 valence electrons. The lowest BCUT2D eigenvalue weighted by Crippen LogP contribution is -2.34. The predicted molar refractivity (Wildman–Crippen MR) is 57.0 cm³/mol. The van der Waals surface area contributed by atoms with E-state index in [2.05, 4.69) is 19.2 Å². The van der Waals surface area contributed by atoms with Gasteiger partial charge >= 0.3 is 0 Å². The molecule has 0 aromatic rings. The fourth-order valence-corrected chi connectivity index (χ4v) is 0.986. The molecule has 0 atom stereocenters. The largest absolute Gasteiger partial charge is 0.374 e. The van der Waals surface area contributed by atoms with Crippen molar-refractivity contribution < 1.29 is 4.74 Å². The van der Waals surface area contributed by atoms with Gasteiger partial charge in [0, 0.05) is 13.2 Å². The maximum atomic E-state index is 5.53. The highest BCUT2D eigenvalue weighted by Crippen LogP contribution is 2.09. The summed E-state index contributed by atoms with van der Waals surface area (Å²) in [7, 11) is 0. The van der Waals surface area contributed by atoms with E-state index in [1.165, 1.54) is 0 Å². The van der Waals surface area contributed by atoms with Gasteiger partial charge in [-0.2, -0.15) is 0 Å². The quantitative estimate of drug-likeness (QED) is 0.652. The van der Waals surface area contributed by atoms with Crippen LogP contribution in [0.2, 0.25) is 0 Å². The second-order valence-electron chi connectivity index (χ2n) is 3.14. The van der Waals surface area contributed by atoms with Crippen molar-refractivity contribution >= 4 is 24.8 Å². The molecule has 0 spiro atoms. The zero-order chi connectivity index (χ0) is 6.74. The molecule has 0 radical (unpaired) electrons. The van der Waals surface area contributed by atoms with E-state index in [0.29, 0.717) is 0 Å². The minimum absolute atomic E-state index is 0. The van der Waals surface area contributed by atoms with E-state index in [9.17, 15) is 0 Å². The molecule has 0 amide bonds. The molecule has 1 heterocycles. The monoisotopic (exact) mass is 218 g/mol. The van der Waals surface area contributed by atoms with E-state index < -0.39 is 0 Å². The molecule has 3 nitrogen and oxygen atoms in total. The van der Waals surface area contributed by atoms with Crippen molar-refractivity contribution in [2.24, 2.45) is 0 Å². The van der Waals surface area contributed by atoms with Crippen molar-refractivity contribution in [2.45, 2.75) is 25.9 Å². The Bertz CT molecular complexity index is 91.4. The molecule has 0 aromatic heterocycles. The minimum Gasteiger partial charge on any atom is -0.374 e. The van der Waals surface area contributed by atoms with Crippen LogP contribution in [0.3, 0.4) is 0 Å². The van der Waals surface area contributed by atoms with Gasteiger partial charge in [0.05, 0.1) is 5.60 Å². The summed E-state index contributed by atoms with van der Waals surface area (Å²) in [5, 5.41) is 3.31. The van der Waals surface area contributed by atoms with E-state index in [-0.39, 0.29) is 36.6 Å². The Morgan fingerprint density at radius 2 is 1.83 bits per heavy atom. The summed E-state index contributed by atoms with van der Waals surface area (Å²) in [4.78, 5) is 0. The Balaban J connectivity index is -0.000000270. The molecule has 1 aliphatic rings. The zero-order valence-electron chi connectivity index (χ0n) is 7.76. The summed E-state index contributed by atoms with van der Waals surface area (Å²) in [6, 6.07) is 0. The van der Waals surface area contributed by atoms with Gasteiger partial charge in [0.15, 0.2) is 0 Å². The molecule has 1 saturated heterocycles. The SMILES string of the molecule is CC1(C)CNCCCO1.Cl.Cl.N. The predicted octanol–water partition coefficient (Wildman–Crippen LogP) is 1.78. The summed E-state index contributed by atoms with van der Waals surface area (Å²) in [5.74, 6) is 0. The normalized spacial score (nSPS) is 20.5. The van der Waals surface area contributed by atoms with E-state index in [1.807, 2.05) is 0 Å².